The maximum absolute atomic E-state index is 5.31. The van der Waals surface area contributed by atoms with Crippen molar-refractivity contribution >= 4 is 105 Å². The monoisotopic (exact) mass is 866 g/mol. The first-order valence-electron chi connectivity index (χ1n) is 23.1. The quantitative estimate of drug-likeness (QED) is 0.0908. The molecule has 1 heterocycles. The van der Waals surface area contributed by atoms with Crippen LogP contribution in [0.1, 0.15) is 16.7 Å². The second kappa shape index (κ2) is 16.2. The zero-order chi connectivity index (χ0) is 45.1. The van der Waals surface area contributed by atoms with E-state index in [1.54, 1.807) is 0 Å². The van der Waals surface area contributed by atoms with Crippen molar-refractivity contribution in [1.82, 2.24) is 4.57 Å². The first-order valence-corrected chi connectivity index (χ1v) is 23.1. The first kappa shape index (κ1) is 39.4. The molecule has 13 aromatic rings. The Kier molecular flexibility index (Phi) is 9.36. The van der Waals surface area contributed by atoms with Gasteiger partial charge in [0.15, 0.2) is 11.7 Å². The average Bonchev–Trinajstić information content (AvgIpc) is 3.74. The van der Waals surface area contributed by atoms with Crippen molar-refractivity contribution in [3.8, 4) is 16.8 Å². The highest BCUT2D eigenvalue weighted by atomic mass is 15.0. The normalized spacial score (nSPS) is 12.4. The standard InChI is InChI=1S/C64H42N4/c1-65-63(42-18-4-2-5-19-42)67-64(43-20-6-3-7-21-43)66-40-41-36-58-52-28-13-11-25-49(52)50-26-14-15-30-55(50)62(58)61(37-41)68-59-31-17-16-29-54(59)57-39-45(33-35-60(57)68)44-32-34-53-48-24-9-8-22-46(48)47-23-10-12-27-51(47)56(53)38-44/h2-39H,1,40H2/b66-64-,67-63-. The largest absolute Gasteiger partial charge is 0.309 e. The van der Waals surface area contributed by atoms with Crippen LogP contribution in [0.25, 0.3) is 103 Å². The van der Waals surface area contributed by atoms with E-state index in [2.05, 4.69) is 186 Å². The number of nitrogens with zero attached hydrogens (tertiary/aromatic N) is 4. The molecule has 0 unspecified atom stereocenters. The molecule has 0 aliphatic heterocycles. The van der Waals surface area contributed by atoms with E-state index in [9.17, 15) is 0 Å². The van der Waals surface area contributed by atoms with Gasteiger partial charge in [-0.05, 0) is 119 Å². The van der Waals surface area contributed by atoms with Crippen LogP contribution in [-0.2, 0) is 6.54 Å². The zero-order valence-corrected chi connectivity index (χ0v) is 37.1. The number of fused-ring (bicyclic) bond motifs is 15. The lowest BCUT2D eigenvalue weighted by Gasteiger charge is -2.18. The summed E-state index contributed by atoms with van der Waals surface area (Å²) in [5.74, 6) is 1.13. The molecule has 0 amide bonds. The summed E-state index contributed by atoms with van der Waals surface area (Å²) in [5, 5.41) is 17.3. The van der Waals surface area contributed by atoms with Crippen LogP contribution in [0.4, 0.5) is 0 Å². The molecule has 12 aromatic carbocycles. The van der Waals surface area contributed by atoms with E-state index in [-0.39, 0.29) is 0 Å². The number of hydrogen-bond acceptors (Lipinski definition) is 1. The van der Waals surface area contributed by atoms with Crippen LogP contribution in [0.2, 0.25) is 0 Å². The number of rotatable bonds is 6. The second-order valence-electron chi connectivity index (χ2n) is 17.5. The van der Waals surface area contributed by atoms with Crippen molar-refractivity contribution in [1.29, 1.82) is 0 Å². The lowest BCUT2D eigenvalue weighted by molar-refractivity contribution is 1.06. The minimum absolute atomic E-state index is 0.393. The topological polar surface area (TPSA) is 42.0 Å². The average molecular weight is 867 g/mol. The van der Waals surface area contributed by atoms with Crippen molar-refractivity contribution in [3.63, 3.8) is 0 Å². The maximum Gasteiger partial charge on any atom is 0.161 e. The van der Waals surface area contributed by atoms with Gasteiger partial charge in [-0.3, -0.25) is 4.99 Å². The van der Waals surface area contributed by atoms with Crippen LogP contribution >= 0.6 is 0 Å². The molecule has 0 saturated carbocycles. The molecule has 0 spiro atoms. The minimum atomic E-state index is 0.393. The molecule has 0 saturated heterocycles. The van der Waals surface area contributed by atoms with Crippen molar-refractivity contribution in [3.05, 3.63) is 247 Å². The summed E-state index contributed by atoms with van der Waals surface area (Å²) in [4.78, 5) is 14.7. The predicted octanol–water partition coefficient (Wildman–Crippen LogP) is 16.5. The van der Waals surface area contributed by atoms with Gasteiger partial charge < -0.3 is 4.57 Å². The van der Waals surface area contributed by atoms with E-state index in [0.29, 0.717) is 18.2 Å². The fourth-order valence-electron chi connectivity index (χ4n) is 10.7. The van der Waals surface area contributed by atoms with Crippen LogP contribution in [-0.4, -0.2) is 23.0 Å². The molecule has 4 heteroatoms. The highest BCUT2D eigenvalue weighted by Gasteiger charge is 2.20. The zero-order valence-electron chi connectivity index (χ0n) is 37.1. The summed E-state index contributed by atoms with van der Waals surface area (Å²) in [5.41, 5.74) is 8.64. The number of hydrogen-bond donors (Lipinski definition) is 0. The Labute approximate surface area is 393 Å². The summed E-state index contributed by atoms with van der Waals surface area (Å²) in [6.45, 7) is 4.29. The van der Waals surface area contributed by atoms with Gasteiger partial charge in [0.2, 0.25) is 0 Å². The van der Waals surface area contributed by atoms with Crippen molar-refractivity contribution in [2.75, 3.05) is 0 Å². The van der Waals surface area contributed by atoms with Gasteiger partial charge in [0, 0.05) is 27.3 Å². The molecule has 13 rings (SSSR count). The predicted molar refractivity (Wildman–Crippen MR) is 290 cm³/mol. The summed E-state index contributed by atoms with van der Waals surface area (Å²) < 4.78 is 2.48. The summed E-state index contributed by atoms with van der Waals surface area (Å²) in [6.07, 6.45) is 0. The van der Waals surface area contributed by atoms with Crippen LogP contribution in [0.5, 0.6) is 0 Å². The molecule has 0 N–H and O–H groups in total. The van der Waals surface area contributed by atoms with E-state index in [1.165, 1.54) is 86.5 Å². The Morgan fingerprint density at radius 1 is 0.353 bits per heavy atom. The Hall–Kier alpha value is -8.99. The summed E-state index contributed by atoms with van der Waals surface area (Å²) in [7, 11) is 0. The summed E-state index contributed by atoms with van der Waals surface area (Å²) >= 11 is 0. The third-order valence-electron chi connectivity index (χ3n) is 13.7. The molecule has 1 aromatic heterocycles. The number of aromatic nitrogens is 1. The van der Waals surface area contributed by atoms with Crippen LogP contribution in [0.15, 0.2) is 245 Å². The fraction of sp³-hybridized carbons (Fsp3) is 0.0156. The van der Waals surface area contributed by atoms with Crippen molar-refractivity contribution in [2.24, 2.45) is 15.0 Å². The van der Waals surface area contributed by atoms with Gasteiger partial charge in [-0.2, -0.15) is 0 Å². The van der Waals surface area contributed by atoms with E-state index < -0.39 is 0 Å². The van der Waals surface area contributed by atoms with E-state index >= 15 is 0 Å². The van der Waals surface area contributed by atoms with Crippen molar-refractivity contribution < 1.29 is 0 Å². The Morgan fingerprint density at radius 2 is 0.794 bits per heavy atom. The van der Waals surface area contributed by atoms with Gasteiger partial charge in [-0.25, -0.2) is 9.98 Å². The molecule has 0 aliphatic carbocycles. The smallest absolute Gasteiger partial charge is 0.161 e. The first-order chi connectivity index (χ1) is 33.7. The number of amidine groups is 2. The van der Waals surface area contributed by atoms with Gasteiger partial charge in [0.25, 0.3) is 0 Å². The van der Waals surface area contributed by atoms with Crippen LogP contribution < -0.4 is 0 Å². The minimum Gasteiger partial charge on any atom is -0.309 e. The Balaban J connectivity index is 1.05. The number of aliphatic imine (C=N–C) groups is 3. The van der Waals surface area contributed by atoms with Gasteiger partial charge >= 0.3 is 0 Å². The Morgan fingerprint density at radius 3 is 1.40 bits per heavy atom. The molecule has 0 fully saturated rings. The molecule has 0 bridgehead atoms. The molecular weight excluding hydrogens is 825 g/mol. The van der Waals surface area contributed by atoms with Crippen molar-refractivity contribution in [2.45, 2.75) is 6.54 Å². The lowest BCUT2D eigenvalue weighted by atomic mass is 9.91. The molecule has 318 valence electrons. The third kappa shape index (κ3) is 6.41. The van der Waals surface area contributed by atoms with Crippen LogP contribution in [0, 0.1) is 0 Å². The van der Waals surface area contributed by atoms with Gasteiger partial charge in [0.05, 0.1) is 23.3 Å². The number of benzene rings is 12. The molecule has 0 aliphatic rings. The fourth-order valence-corrected chi connectivity index (χ4v) is 10.7. The van der Waals surface area contributed by atoms with E-state index in [4.69, 9.17) is 9.98 Å². The Bertz CT molecular complexity index is 4200. The molecule has 0 radical (unpaired) electrons. The van der Waals surface area contributed by atoms with Crippen LogP contribution in [0.3, 0.4) is 0 Å². The molecular formula is C64H42N4. The second-order valence-corrected chi connectivity index (χ2v) is 17.5. The van der Waals surface area contributed by atoms with Gasteiger partial charge in [-0.1, -0.05) is 194 Å². The van der Waals surface area contributed by atoms with E-state index in [1.807, 2.05) is 60.7 Å². The molecule has 4 nitrogen and oxygen atoms in total. The third-order valence-corrected chi connectivity index (χ3v) is 13.7. The molecule has 0 atom stereocenters. The van der Waals surface area contributed by atoms with E-state index in [0.717, 1.165) is 33.4 Å². The summed E-state index contributed by atoms with van der Waals surface area (Å²) in [6, 6.07) is 82.9. The molecule has 68 heavy (non-hydrogen) atoms. The highest BCUT2D eigenvalue weighted by Crippen LogP contribution is 2.43. The highest BCUT2D eigenvalue weighted by molar-refractivity contribution is 6.29. The SMILES string of the molecule is C=N/C(=N\C(=N/Cc1cc(-n2c3ccccc3c3cc(-c4ccc5c6ccccc6c6ccccc6c5c4)ccc32)c2c3ccccc3c3ccccc3c2c1)c1ccccc1)c1ccccc1. The van der Waals surface area contributed by atoms with Gasteiger partial charge in [0.1, 0.15) is 0 Å². The lowest BCUT2D eigenvalue weighted by Crippen LogP contribution is -2.05. The number of para-hydroxylation sites is 1. The maximum atomic E-state index is 5.31. The van der Waals surface area contributed by atoms with Gasteiger partial charge in [-0.15, -0.1) is 0 Å².